The van der Waals surface area contributed by atoms with E-state index in [1.807, 2.05) is 30.7 Å². The number of nitrogens with one attached hydrogen (secondary N) is 1. The maximum Gasteiger partial charge on any atom is 0.230 e. The van der Waals surface area contributed by atoms with Crippen molar-refractivity contribution in [1.29, 1.82) is 0 Å². The smallest absolute Gasteiger partial charge is 0.230 e. The van der Waals surface area contributed by atoms with Gasteiger partial charge in [0.2, 0.25) is 5.95 Å². The SMILES string of the molecule is CN(C)C1CCN(c2ccc(Nc3ncc4c5ccncc5n(C5CCS(O)(O)CC5)c4n3)nc2)CC1. The second-order valence-corrected chi connectivity index (χ2v) is 12.8. The molecule has 6 heterocycles. The molecule has 0 unspecified atom stereocenters. The van der Waals surface area contributed by atoms with Gasteiger partial charge in [-0.15, -0.1) is 0 Å². The highest BCUT2D eigenvalue weighted by Crippen LogP contribution is 2.48. The minimum absolute atomic E-state index is 0.126. The summed E-state index contributed by atoms with van der Waals surface area (Å²) in [6, 6.07) is 6.84. The first-order chi connectivity index (χ1) is 17.9. The van der Waals surface area contributed by atoms with Crippen LogP contribution in [0.2, 0.25) is 0 Å². The fraction of sp³-hybridized carbons (Fsp3) is 0.462. The topological polar surface area (TPSA) is 115 Å². The first-order valence-corrected chi connectivity index (χ1v) is 14.8. The summed E-state index contributed by atoms with van der Waals surface area (Å²) in [7, 11) is 1.84. The molecule has 6 rings (SSSR count). The van der Waals surface area contributed by atoms with E-state index in [0.717, 1.165) is 53.6 Å². The van der Waals surface area contributed by atoms with Crippen LogP contribution >= 0.6 is 10.6 Å². The molecule has 0 spiro atoms. The fourth-order valence-corrected chi connectivity index (χ4v) is 7.16. The average Bonchev–Trinajstić information content (AvgIpc) is 3.23. The van der Waals surface area contributed by atoms with Gasteiger partial charge in [-0.3, -0.25) is 14.1 Å². The van der Waals surface area contributed by atoms with Crippen LogP contribution in [0, 0.1) is 0 Å². The number of rotatable bonds is 5. The van der Waals surface area contributed by atoms with Gasteiger partial charge in [-0.25, -0.2) is 9.97 Å². The molecule has 3 N–H and O–H groups in total. The van der Waals surface area contributed by atoms with Gasteiger partial charge in [-0.2, -0.15) is 15.6 Å². The lowest BCUT2D eigenvalue weighted by atomic mass is 10.0. The second kappa shape index (κ2) is 9.71. The van der Waals surface area contributed by atoms with Crippen LogP contribution in [0.3, 0.4) is 0 Å². The van der Waals surface area contributed by atoms with Crippen LogP contribution in [0.4, 0.5) is 17.5 Å². The van der Waals surface area contributed by atoms with Crippen molar-refractivity contribution in [3.05, 3.63) is 43.0 Å². The third-order valence-corrected chi connectivity index (χ3v) is 9.59. The van der Waals surface area contributed by atoms with Gasteiger partial charge in [0.25, 0.3) is 0 Å². The van der Waals surface area contributed by atoms with Gasteiger partial charge >= 0.3 is 0 Å². The Labute approximate surface area is 218 Å². The molecule has 2 aliphatic heterocycles. The quantitative estimate of drug-likeness (QED) is 0.342. The zero-order chi connectivity index (χ0) is 25.6. The van der Waals surface area contributed by atoms with Crippen LogP contribution in [0.15, 0.2) is 43.0 Å². The van der Waals surface area contributed by atoms with Crippen molar-refractivity contribution >= 4 is 50.0 Å². The Balaban J connectivity index is 1.25. The molecule has 0 amide bonds. The van der Waals surface area contributed by atoms with E-state index in [-0.39, 0.29) is 6.04 Å². The molecular formula is C26H34N8O2S. The Morgan fingerprint density at radius 3 is 2.43 bits per heavy atom. The minimum Gasteiger partial charge on any atom is -0.370 e. The summed E-state index contributed by atoms with van der Waals surface area (Å²) in [5.74, 6) is 2.01. The third-order valence-electron chi connectivity index (χ3n) is 7.82. The second-order valence-electron chi connectivity index (χ2n) is 10.3. The van der Waals surface area contributed by atoms with Crippen molar-refractivity contribution in [1.82, 2.24) is 29.4 Å². The predicted molar refractivity (Wildman–Crippen MR) is 150 cm³/mol. The molecule has 37 heavy (non-hydrogen) atoms. The number of piperidine rings is 1. The van der Waals surface area contributed by atoms with Crippen molar-refractivity contribution in [2.75, 3.05) is 48.9 Å². The lowest BCUT2D eigenvalue weighted by Crippen LogP contribution is -2.42. The molecule has 0 bridgehead atoms. The van der Waals surface area contributed by atoms with E-state index in [9.17, 15) is 9.11 Å². The number of nitrogens with zero attached hydrogens (tertiary/aromatic N) is 7. The number of hydrogen-bond donors (Lipinski definition) is 3. The average molecular weight is 523 g/mol. The van der Waals surface area contributed by atoms with Crippen LogP contribution in [0.25, 0.3) is 21.9 Å². The van der Waals surface area contributed by atoms with Gasteiger partial charge in [-0.1, -0.05) is 0 Å². The lowest BCUT2D eigenvalue weighted by Gasteiger charge is -2.39. The molecule has 2 fully saturated rings. The summed E-state index contributed by atoms with van der Waals surface area (Å²) in [4.78, 5) is 23.2. The number of anilines is 3. The van der Waals surface area contributed by atoms with Crippen molar-refractivity contribution in [2.45, 2.75) is 37.8 Å². The van der Waals surface area contributed by atoms with E-state index in [1.54, 1.807) is 6.20 Å². The van der Waals surface area contributed by atoms with E-state index in [4.69, 9.17) is 4.98 Å². The highest BCUT2D eigenvalue weighted by molar-refractivity contribution is 8.24. The number of aromatic nitrogens is 5. The van der Waals surface area contributed by atoms with Gasteiger partial charge < -0.3 is 19.7 Å². The van der Waals surface area contributed by atoms with E-state index < -0.39 is 10.6 Å². The molecule has 0 atom stereocenters. The van der Waals surface area contributed by atoms with Crippen LogP contribution in [0.1, 0.15) is 31.7 Å². The van der Waals surface area contributed by atoms with Crippen LogP contribution < -0.4 is 10.2 Å². The van der Waals surface area contributed by atoms with Crippen LogP contribution in [-0.4, -0.2) is 83.2 Å². The predicted octanol–water partition coefficient (Wildman–Crippen LogP) is 4.73. The molecule has 4 aromatic rings. The standard InChI is InChI=1S/C26H34N8O2S/c1-32(2)18-6-11-33(12-7-18)20-3-4-24(28-15-20)30-26-29-16-22-21-5-10-27-17-23(21)34(25(22)31-26)19-8-13-37(35,36)14-9-19/h3-5,10,15-19,35-36H,6-9,11-14H2,1-2H3,(H,28,29,30,31). The van der Waals surface area contributed by atoms with Crippen molar-refractivity contribution in [3.8, 4) is 0 Å². The lowest BCUT2D eigenvalue weighted by molar-refractivity contribution is 0.249. The monoisotopic (exact) mass is 522 g/mol. The number of hydrogen-bond acceptors (Lipinski definition) is 9. The summed E-state index contributed by atoms with van der Waals surface area (Å²) >= 11 is 0. The Bertz CT molecular complexity index is 1390. The van der Waals surface area contributed by atoms with E-state index in [0.29, 0.717) is 42.2 Å². The third kappa shape index (κ3) is 4.84. The first kappa shape index (κ1) is 24.4. The summed E-state index contributed by atoms with van der Waals surface area (Å²) < 4.78 is 22.5. The zero-order valence-electron chi connectivity index (χ0n) is 21.3. The summed E-state index contributed by atoms with van der Waals surface area (Å²) in [6.45, 7) is 2.07. The van der Waals surface area contributed by atoms with Gasteiger partial charge in [0.1, 0.15) is 11.5 Å². The van der Waals surface area contributed by atoms with Gasteiger partial charge in [0.15, 0.2) is 0 Å². The Morgan fingerprint density at radius 1 is 0.946 bits per heavy atom. The van der Waals surface area contributed by atoms with E-state index in [1.165, 1.54) is 0 Å². The zero-order valence-corrected chi connectivity index (χ0v) is 22.1. The Hall–Kier alpha value is -2.99. The largest absolute Gasteiger partial charge is 0.370 e. The number of fused-ring (bicyclic) bond motifs is 3. The van der Waals surface area contributed by atoms with Crippen LogP contribution in [0.5, 0.6) is 0 Å². The van der Waals surface area contributed by atoms with Gasteiger partial charge in [0, 0.05) is 59.8 Å². The molecule has 0 aromatic carbocycles. The maximum atomic E-state index is 10.1. The first-order valence-electron chi connectivity index (χ1n) is 12.9. The maximum absolute atomic E-state index is 10.1. The highest BCUT2D eigenvalue weighted by atomic mass is 32.3. The van der Waals surface area contributed by atoms with Crippen molar-refractivity contribution in [3.63, 3.8) is 0 Å². The molecule has 0 saturated carbocycles. The molecule has 4 aromatic heterocycles. The Kier molecular flexibility index (Phi) is 6.39. The normalized spacial score (nSPS) is 20.1. The summed E-state index contributed by atoms with van der Waals surface area (Å²) in [5.41, 5.74) is 2.95. The highest BCUT2D eigenvalue weighted by Gasteiger charge is 2.28. The molecule has 0 radical (unpaired) electrons. The van der Waals surface area contributed by atoms with E-state index in [2.05, 4.69) is 54.8 Å². The molecule has 11 heteroatoms. The van der Waals surface area contributed by atoms with Crippen molar-refractivity contribution < 1.29 is 9.11 Å². The fourth-order valence-electron chi connectivity index (χ4n) is 5.65. The molecular weight excluding hydrogens is 488 g/mol. The van der Waals surface area contributed by atoms with Gasteiger partial charge in [0.05, 0.1) is 23.6 Å². The molecule has 2 aliphatic rings. The van der Waals surface area contributed by atoms with Crippen molar-refractivity contribution in [2.24, 2.45) is 0 Å². The van der Waals surface area contributed by atoms with Crippen LogP contribution in [-0.2, 0) is 0 Å². The molecule has 196 valence electrons. The summed E-state index contributed by atoms with van der Waals surface area (Å²) in [5, 5.41) is 5.29. The van der Waals surface area contributed by atoms with E-state index >= 15 is 0 Å². The summed E-state index contributed by atoms with van der Waals surface area (Å²) in [6.07, 6.45) is 11.1. The Morgan fingerprint density at radius 2 is 1.73 bits per heavy atom. The molecule has 2 saturated heterocycles. The van der Waals surface area contributed by atoms with Gasteiger partial charge in [-0.05, 0) is 58.0 Å². The molecule has 0 aliphatic carbocycles. The number of pyridine rings is 2. The molecule has 10 nitrogen and oxygen atoms in total. The minimum atomic E-state index is -2.47.